The SMILES string of the molecule is CO/N=C/CCOc1ccc(Cc2cc([C@@H]3O[C@H](CO)[C@@H](O)[C@H](O)[C@H]3O)ccc2Cl)cc1. The van der Waals surface area contributed by atoms with Crippen molar-refractivity contribution in [3.05, 3.63) is 64.2 Å². The summed E-state index contributed by atoms with van der Waals surface area (Å²) in [6, 6.07) is 12.8. The molecule has 0 unspecified atom stereocenters. The summed E-state index contributed by atoms with van der Waals surface area (Å²) in [6.07, 6.45) is -3.24. The minimum Gasteiger partial charge on any atom is -0.493 e. The summed E-state index contributed by atoms with van der Waals surface area (Å²) >= 11 is 6.39. The Labute approximate surface area is 191 Å². The van der Waals surface area contributed by atoms with Crippen LogP contribution in [0.25, 0.3) is 0 Å². The summed E-state index contributed by atoms with van der Waals surface area (Å²) in [5.74, 6) is 0.737. The van der Waals surface area contributed by atoms with Gasteiger partial charge in [0, 0.05) is 17.7 Å². The van der Waals surface area contributed by atoms with Crippen LogP contribution in [-0.2, 0) is 16.0 Å². The van der Waals surface area contributed by atoms with Gasteiger partial charge in [-0.2, -0.15) is 0 Å². The third kappa shape index (κ3) is 5.98. The van der Waals surface area contributed by atoms with Crippen LogP contribution in [0.5, 0.6) is 5.75 Å². The third-order valence-corrected chi connectivity index (χ3v) is 5.67. The second-order valence-electron chi connectivity index (χ2n) is 7.53. The maximum absolute atomic E-state index is 10.4. The number of hydrogen-bond acceptors (Lipinski definition) is 8. The Morgan fingerprint density at radius 2 is 1.81 bits per heavy atom. The lowest BCUT2D eigenvalue weighted by atomic mass is 9.90. The van der Waals surface area contributed by atoms with E-state index in [1.54, 1.807) is 24.4 Å². The largest absolute Gasteiger partial charge is 0.493 e. The van der Waals surface area contributed by atoms with Crippen LogP contribution in [0.4, 0.5) is 0 Å². The molecule has 0 aromatic heterocycles. The van der Waals surface area contributed by atoms with Crippen LogP contribution in [0.1, 0.15) is 29.2 Å². The molecule has 8 nitrogen and oxygen atoms in total. The lowest BCUT2D eigenvalue weighted by Gasteiger charge is -2.40. The molecule has 5 atom stereocenters. The van der Waals surface area contributed by atoms with Gasteiger partial charge < -0.3 is 34.7 Å². The second-order valence-corrected chi connectivity index (χ2v) is 7.94. The highest BCUT2D eigenvalue weighted by Gasteiger charge is 2.44. The number of ether oxygens (including phenoxy) is 2. The van der Waals surface area contributed by atoms with Crippen molar-refractivity contribution in [2.45, 2.75) is 43.4 Å². The number of nitrogens with zero attached hydrogens (tertiary/aromatic N) is 1. The van der Waals surface area contributed by atoms with Crippen molar-refractivity contribution in [3.63, 3.8) is 0 Å². The van der Waals surface area contributed by atoms with Crippen LogP contribution in [0.15, 0.2) is 47.6 Å². The number of aliphatic hydroxyl groups excluding tert-OH is 4. The summed E-state index contributed by atoms with van der Waals surface area (Å²) < 4.78 is 11.3. The van der Waals surface area contributed by atoms with Gasteiger partial charge in [-0.05, 0) is 41.3 Å². The Balaban J connectivity index is 1.69. The highest BCUT2D eigenvalue weighted by molar-refractivity contribution is 6.31. The number of aliphatic hydroxyl groups is 4. The zero-order valence-electron chi connectivity index (χ0n) is 17.7. The second kappa shape index (κ2) is 11.6. The van der Waals surface area contributed by atoms with Crippen molar-refractivity contribution in [3.8, 4) is 5.75 Å². The molecule has 32 heavy (non-hydrogen) atoms. The molecule has 2 aromatic carbocycles. The van der Waals surface area contributed by atoms with E-state index in [4.69, 9.17) is 21.1 Å². The van der Waals surface area contributed by atoms with Crippen LogP contribution < -0.4 is 4.74 Å². The van der Waals surface area contributed by atoms with E-state index in [-0.39, 0.29) is 0 Å². The van der Waals surface area contributed by atoms with Crippen molar-refractivity contribution < 1.29 is 34.7 Å². The van der Waals surface area contributed by atoms with E-state index < -0.39 is 37.1 Å². The lowest BCUT2D eigenvalue weighted by Crippen LogP contribution is -2.55. The number of oxime groups is 1. The molecule has 1 saturated heterocycles. The number of benzene rings is 2. The lowest BCUT2D eigenvalue weighted by molar-refractivity contribution is -0.231. The molecular formula is C23H28ClNO7. The molecule has 0 bridgehead atoms. The summed E-state index contributed by atoms with van der Waals surface area (Å²) in [7, 11) is 1.49. The average molecular weight is 466 g/mol. The van der Waals surface area contributed by atoms with Crippen LogP contribution in [0, 0.1) is 0 Å². The van der Waals surface area contributed by atoms with Gasteiger partial charge >= 0.3 is 0 Å². The molecular weight excluding hydrogens is 438 g/mol. The first-order chi connectivity index (χ1) is 15.4. The van der Waals surface area contributed by atoms with Crippen LogP contribution >= 0.6 is 11.6 Å². The summed E-state index contributed by atoms with van der Waals surface area (Å²) in [6.45, 7) is 0.00860. The van der Waals surface area contributed by atoms with Gasteiger partial charge in [0.05, 0.1) is 13.2 Å². The number of rotatable bonds is 9. The predicted molar refractivity (Wildman–Crippen MR) is 119 cm³/mol. The molecule has 1 fully saturated rings. The van der Waals surface area contributed by atoms with Gasteiger partial charge in [0.1, 0.15) is 43.4 Å². The van der Waals surface area contributed by atoms with Gasteiger partial charge in [-0.15, -0.1) is 0 Å². The molecule has 1 aliphatic rings. The van der Waals surface area contributed by atoms with E-state index in [1.807, 2.05) is 24.3 Å². The van der Waals surface area contributed by atoms with Crippen LogP contribution in [0.2, 0.25) is 5.02 Å². The third-order valence-electron chi connectivity index (χ3n) is 5.30. The quantitative estimate of drug-likeness (QED) is 0.253. The Morgan fingerprint density at radius 3 is 2.50 bits per heavy atom. The summed E-state index contributed by atoms with van der Waals surface area (Å²) in [4.78, 5) is 4.60. The topological polar surface area (TPSA) is 121 Å². The maximum Gasteiger partial charge on any atom is 0.119 e. The maximum atomic E-state index is 10.4. The van der Waals surface area contributed by atoms with E-state index in [2.05, 4.69) is 9.99 Å². The first-order valence-corrected chi connectivity index (χ1v) is 10.7. The Morgan fingerprint density at radius 1 is 1.06 bits per heavy atom. The fourth-order valence-electron chi connectivity index (χ4n) is 3.56. The van der Waals surface area contributed by atoms with Gasteiger partial charge in [-0.1, -0.05) is 41.0 Å². The van der Waals surface area contributed by atoms with Crippen molar-refractivity contribution in [1.82, 2.24) is 0 Å². The zero-order chi connectivity index (χ0) is 23.1. The molecule has 3 rings (SSSR count). The molecule has 0 spiro atoms. The van der Waals surface area contributed by atoms with E-state index in [0.29, 0.717) is 30.0 Å². The van der Waals surface area contributed by atoms with Gasteiger partial charge in [0.15, 0.2) is 0 Å². The average Bonchev–Trinajstić information content (AvgIpc) is 2.80. The first kappa shape index (κ1) is 24.4. The van der Waals surface area contributed by atoms with Gasteiger partial charge in [0.2, 0.25) is 0 Å². The zero-order valence-corrected chi connectivity index (χ0v) is 18.4. The smallest absolute Gasteiger partial charge is 0.119 e. The van der Waals surface area contributed by atoms with E-state index >= 15 is 0 Å². The molecule has 0 amide bonds. The predicted octanol–water partition coefficient (Wildman–Crippen LogP) is 1.85. The molecule has 0 saturated carbocycles. The van der Waals surface area contributed by atoms with Crippen molar-refractivity contribution in [2.75, 3.05) is 20.3 Å². The molecule has 174 valence electrons. The van der Waals surface area contributed by atoms with Gasteiger partial charge in [0.25, 0.3) is 0 Å². The Bertz CT molecular complexity index is 890. The summed E-state index contributed by atoms with van der Waals surface area (Å²) in [5.41, 5.74) is 2.41. The molecule has 0 aliphatic carbocycles. The molecule has 1 heterocycles. The normalized spacial score (nSPS) is 25.8. The molecule has 1 aliphatic heterocycles. The van der Waals surface area contributed by atoms with Crippen LogP contribution in [-0.4, -0.2) is 71.4 Å². The van der Waals surface area contributed by atoms with Crippen molar-refractivity contribution >= 4 is 17.8 Å². The monoisotopic (exact) mass is 465 g/mol. The van der Waals surface area contributed by atoms with Gasteiger partial charge in [-0.25, -0.2) is 0 Å². The van der Waals surface area contributed by atoms with E-state index in [9.17, 15) is 20.4 Å². The highest BCUT2D eigenvalue weighted by atomic mass is 35.5. The van der Waals surface area contributed by atoms with E-state index in [0.717, 1.165) is 16.9 Å². The molecule has 2 aromatic rings. The van der Waals surface area contributed by atoms with Gasteiger partial charge in [-0.3, -0.25) is 0 Å². The van der Waals surface area contributed by atoms with Crippen molar-refractivity contribution in [2.24, 2.45) is 5.16 Å². The molecule has 4 N–H and O–H groups in total. The van der Waals surface area contributed by atoms with E-state index in [1.165, 1.54) is 7.11 Å². The minimum absolute atomic E-state index is 0.477. The summed E-state index contributed by atoms with van der Waals surface area (Å²) in [5, 5.41) is 44.1. The Kier molecular flexibility index (Phi) is 8.86. The number of halogens is 1. The number of hydrogen-bond donors (Lipinski definition) is 4. The van der Waals surface area contributed by atoms with Crippen LogP contribution in [0.3, 0.4) is 0 Å². The standard InChI is InChI=1S/C23H28ClNO7/c1-30-25-9-2-10-31-17-6-3-14(4-7-17)11-16-12-15(5-8-18(16)24)23-22(29)21(28)20(27)19(13-26)32-23/h3-9,12,19-23,26-29H,2,10-11,13H2,1H3/b25-9+/t19-,20-,21+,22-,23+/m1/s1. The fraction of sp³-hybridized carbons (Fsp3) is 0.435. The molecule has 9 heteroatoms. The fourth-order valence-corrected chi connectivity index (χ4v) is 3.75. The first-order valence-electron chi connectivity index (χ1n) is 10.3. The molecule has 0 radical (unpaired) electrons. The van der Waals surface area contributed by atoms with Crippen molar-refractivity contribution in [1.29, 1.82) is 0 Å². The highest BCUT2D eigenvalue weighted by Crippen LogP contribution is 2.34. The Hall–Kier alpha value is -2.20. The minimum atomic E-state index is -1.43.